The summed E-state index contributed by atoms with van der Waals surface area (Å²) < 4.78 is 5.14. The van der Waals surface area contributed by atoms with Gasteiger partial charge in [-0.1, -0.05) is 39.3 Å². The number of thiophene rings is 1. The molecule has 1 atom stereocenters. The number of nitrogens with two attached hydrogens (primary N) is 1. The lowest BCUT2D eigenvalue weighted by atomic mass is 9.69. The molecule has 6 heteroatoms. The van der Waals surface area contributed by atoms with Crippen molar-refractivity contribution in [2.75, 3.05) is 12.4 Å². The first-order valence-electron chi connectivity index (χ1n) is 10.3. The summed E-state index contributed by atoms with van der Waals surface area (Å²) in [7, 11) is 1.61. The van der Waals surface area contributed by atoms with E-state index in [4.69, 9.17) is 10.5 Å². The molecule has 1 aromatic carbocycles. The fourth-order valence-corrected chi connectivity index (χ4v) is 5.27. The predicted octanol–water partition coefficient (Wildman–Crippen LogP) is 5.05. The van der Waals surface area contributed by atoms with E-state index in [1.54, 1.807) is 13.2 Å². The largest absolute Gasteiger partial charge is 0.497 e. The molecule has 160 valence electrons. The minimum atomic E-state index is -0.477. The SMILES string of the molecule is CCC(C)(C)[C@@H]1CCc2c(sc(NC(=O)/C=C/c3ccc(OC)cc3)c2C(N)=O)C1. The zero-order chi connectivity index (χ0) is 21.9. The highest BCUT2D eigenvalue weighted by Crippen LogP contribution is 2.45. The smallest absolute Gasteiger partial charge is 0.251 e. The molecule has 3 N–H and O–H groups in total. The zero-order valence-electron chi connectivity index (χ0n) is 18.1. The molecule has 1 aliphatic carbocycles. The van der Waals surface area contributed by atoms with Crippen LogP contribution in [-0.4, -0.2) is 18.9 Å². The van der Waals surface area contributed by atoms with Crippen LogP contribution in [0.25, 0.3) is 6.08 Å². The van der Waals surface area contributed by atoms with E-state index in [1.165, 1.54) is 22.3 Å². The topological polar surface area (TPSA) is 81.4 Å². The molecule has 0 aliphatic heterocycles. The lowest BCUT2D eigenvalue weighted by Crippen LogP contribution is -2.29. The molecule has 0 radical (unpaired) electrons. The van der Waals surface area contributed by atoms with Gasteiger partial charge in [0.2, 0.25) is 5.91 Å². The van der Waals surface area contributed by atoms with Crippen LogP contribution in [0.2, 0.25) is 0 Å². The first-order chi connectivity index (χ1) is 14.2. The van der Waals surface area contributed by atoms with E-state index < -0.39 is 5.91 Å². The predicted molar refractivity (Wildman–Crippen MR) is 123 cm³/mol. The Morgan fingerprint density at radius 2 is 2.00 bits per heavy atom. The Balaban J connectivity index is 1.78. The van der Waals surface area contributed by atoms with E-state index in [1.807, 2.05) is 24.3 Å². The number of carbonyl (C=O) groups is 2. The molecule has 2 amide bonds. The number of ether oxygens (including phenoxy) is 1. The monoisotopic (exact) mass is 426 g/mol. The van der Waals surface area contributed by atoms with Gasteiger partial charge in [0.05, 0.1) is 12.7 Å². The van der Waals surface area contributed by atoms with Crippen LogP contribution in [0.3, 0.4) is 0 Å². The van der Waals surface area contributed by atoms with Crippen molar-refractivity contribution in [1.82, 2.24) is 0 Å². The molecule has 0 saturated carbocycles. The average Bonchev–Trinajstić information content (AvgIpc) is 3.09. The van der Waals surface area contributed by atoms with Crippen molar-refractivity contribution in [3.63, 3.8) is 0 Å². The molecule has 1 heterocycles. The molecule has 0 saturated heterocycles. The van der Waals surface area contributed by atoms with Crippen LogP contribution in [-0.2, 0) is 17.6 Å². The van der Waals surface area contributed by atoms with Gasteiger partial charge in [0.25, 0.3) is 5.91 Å². The third-order valence-corrected chi connectivity index (χ3v) is 7.48. The van der Waals surface area contributed by atoms with Gasteiger partial charge in [-0.2, -0.15) is 0 Å². The van der Waals surface area contributed by atoms with Crippen molar-refractivity contribution in [1.29, 1.82) is 0 Å². The zero-order valence-corrected chi connectivity index (χ0v) is 18.9. The van der Waals surface area contributed by atoms with Gasteiger partial charge >= 0.3 is 0 Å². The maximum Gasteiger partial charge on any atom is 0.251 e. The van der Waals surface area contributed by atoms with Crippen molar-refractivity contribution in [2.24, 2.45) is 17.1 Å². The lowest BCUT2D eigenvalue weighted by Gasteiger charge is -2.36. The van der Waals surface area contributed by atoms with Crippen molar-refractivity contribution in [3.05, 3.63) is 51.9 Å². The number of fused-ring (bicyclic) bond motifs is 1. The molecular weight excluding hydrogens is 396 g/mol. The molecular formula is C24H30N2O3S. The van der Waals surface area contributed by atoms with Crippen LogP contribution in [0.15, 0.2) is 30.3 Å². The van der Waals surface area contributed by atoms with Crippen LogP contribution < -0.4 is 15.8 Å². The van der Waals surface area contributed by atoms with Gasteiger partial charge in [0.1, 0.15) is 10.8 Å². The number of hydrogen-bond donors (Lipinski definition) is 2. The quantitative estimate of drug-likeness (QED) is 0.608. The summed E-state index contributed by atoms with van der Waals surface area (Å²) in [6.07, 6.45) is 7.10. The molecule has 0 unspecified atom stereocenters. The number of amides is 2. The van der Waals surface area contributed by atoms with Gasteiger partial charge in [-0.15, -0.1) is 11.3 Å². The second-order valence-corrected chi connectivity index (χ2v) is 9.55. The maximum atomic E-state index is 12.5. The van der Waals surface area contributed by atoms with E-state index in [2.05, 4.69) is 26.1 Å². The fraction of sp³-hybridized carbons (Fsp3) is 0.417. The Kier molecular flexibility index (Phi) is 6.66. The number of methoxy groups -OCH3 is 1. The van der Waals surface area contributed by atoms with Crippen molar-refractivity contribution in [2.45, 2.75) is 46.5 Å². The molecule has 1 aromatic heterocycles. The van der Waals surface area contributed by atoms with E-state index in [0.29, 0.717) is 16.5 Å². The Bertz CT molecular complexity index is 958. The van der Waals surface area contributed by atoms with Crippen molar-refractivity contribution < 1.29 is 14.3 Å². The van der Waals surface area contributed by atoms with Crippen LogP contribution in [0.5, 0.6) is 5.75 Å². The Labute approximate surface area is 182 Å². The molecule has 2 aromatic rings. The Morgan fingerprint density at radius 3 is 2.60 bits per heavy atom. The summed E-state index contributed by atoms with van der Waals surface area (Å²) in [5.74, 6) is 0.566. The summed E-state index contributed by atoms with van der Waals surface area (Å²) in [5.41, 5.74) is 8.32. The molecule has 0 fully saturated rings. The molecule has 1 aliphatic rings. The van der Waals surface area contributed by atoms with Crippen LogP contribution in [0, 0.1) is 11.3 Å². The summed E-state index contributed by atoms with van der Waals surface area (Å²) in [6.45, 7) is 6.83. The van der Waals surface area contributed by atoms with E-state index in [-0.39, 0.29) is 11.3 Å². The second-order valence-electron chi connectivity index (χ2n) is 8.45. The molecule has 0 spiro atoms. The minimum Gasteiger partial charge on any atom is -0.497 e. The molecule has 0 bridgehead atoms. The Hall–Kier alpha value is -2.60. The number of nitrogens with one attached hydrogen (secondary N) is 1. The average molecular weight is 427 g/mol. The van der Waals surface area contributed by atoms with Gasteiger partial charge in [0.15, 0.2) is 0 Å². The number of carbonyl (C=O) groups excluding carboxylic acids is 2. The maximum absolute atomic E-state index is 12.5. The molecule has 5 nitrogen and oxygen atoms in total. The summed E-state index contributed by atoms with van der Waals surface area (Å²) >= 11 is 1.49. The second kappa shape index (κ2) is 9.04. The Morgan fingerprint density at radius 1 is 1.30 bits per heavy atom. The summed E-state index contributed by atoms with van der Waals surface area (Å²) in [5, 5.41) is 3.44. The van der Waals surface area contributed by atoms with E-state index in [0.717, 1.165) is 42.6 Å². The number of rotatable bonds is 7. The number of primary amides is 1. The highest BCUT2D eigenvalue weighted by atomic mass is 32.1. The lowest BCUT2D eigenvalue weighted by molar-refractivity contribution is -0.111. The molecule has 30 heavy (non-hydrogen) atoms. The normalized spacial score (nSPS) is 16.3. The first-order valence-corrected chi connectivity index (χ1v) is 11.1. The highest BCUT2D eigenvalue weighted by molar-refractivity contribution is 7.17. The van der Waals surface area contributed by atoms with E-state index in [9.17, 15) is 9.59 Å². The van der Waals surface area contributed by atoms with Gasteiger partial charge < -0.3 is 15.8 Å². The van der Waals surface area contributed by atoms with Gasteiger partial charge in [-0.25, -0.2) is 0 Å². The number of hydrogen-bond acceptors (Lipinski definition) is 4. The third kappa shape index (κ3) is 4.75. The number of benzene rings is 1. The van der Waals surface area contributed by atoms with Crippen molar-refractivity contribution in [3.8, 4) is 5.75 Å². The first kappa shape index (κ1) is 22.1. The fourth-order valence-electron chi connectivity index (χ4n) is 3.93. The molecule has 3 rings (SSSR count). The van der Waals surface area contributed by atoms with Gasteiger partial charge in [-0.3, -0.25) is 9.59 Å². The third-order valence-electron chi connectivity index (χ3n) is 6.31. The van der Waals surface area contributed by atoms with Crippen molar-refractivity contribution >= 4 is 34.2 Å². The summed E-state index contributed by atoms with van der Waals surface area (Å²) in [4.78, 5) is 25.8. The highest BCUT2D eigenvalue weighted by Gasteiger charge is 2.34. The minimum absolute atomic E-state index is 0.249. The van der Waals surface area contributed by atoms with Gasteiger partial charge in [0, 0.05) is 11.0 Å². The standard InChI is InChI=1S/C24H30N2O3S/c1-5-24(2,3)16-9-12-18-19(14-16)30-23(21(18)22(25)28)26-20(27)13-8-15-6-10-17(29-4)11-7-15/h6-8,10-11,13,16H,5,9,12,14H2,1-4H3,(H2,25,28)(H,26,27)/b13-8+/t16-/m1/s1. The number of anilines is 1. The van der Waals surface area contributed by atoms with Gasteiger partial charge in [-0.05, 0) is 59.9 Å². The van der Waals surface area contributed by atoms with Crippen LogP contribution in [0.4, 0.5) is 5.00 Å². The van der Waals surface area contributed by atoms with Crippen LogP contribution >= 0.6 is 11.3 Å². The van der Waals surface area contributed by atoms with Crippen LogP contribution in [0.1, 0.15) is 60.0 Å². The summed E-state index contributed by atoms with van der Waals surface area (Å²) in [6, 6.07) is 7.42. The van der Waals surface area contributed by atoms with E-state index >= 15 is 0 Å².